The van der Waals surface area contributed by atoms with Gasteiger partial charge in [-0.05, 0) is 37.9 Å². The van der Waals surface area contributed by atoms with Crippen LogP contribution in [0, 0.1) is 0 Å². The molecule has 0 aromatic heterocycles. The molecule has 1 aliphatic carbocycles. The van der Waals surface area contributed by atoms with E-state index in [0.29, 0.717) is 0 Å². The van der Waals surface area contributed by atoms with Crippen LogP contribution in [-0.4, -0.2) is 57.7 Å². The summed E-state index contributed by atoms with van der Waals surface area (Å²) in [7, 11) is 0. The van der Waals surface area contributed by atoms with E-state index in [0.717, 1.165) is 25.7 Å². The maximum Gasteiger partial charge on any atom is 0.259 e. The number of hydrogen-bond acceptors (Lipinski definition) is 6. The van der Waals surface area contributed by atoms with Crippen molar-refractivity contribution >= 4 is 17.4 Å². The number of nitrogens with one attached hydrogen (secondary N) is 1. The summed E-state index contributed by atoms with van der Waals surface area (Å²) in [5.74, 6) is 0. The predicted molar refractivity (Wildman–Crippen MR) is 71.5 cm³/mol. The van der Waals surface area contributed by atoms with Crippen molar-refractivity contribution in [3.63, 3.8) is 0 Å². The third kappa shape index (κ3) is 4.00. The van der Waals surface area contributed by atoms with Crippen molar-refractivity contribution in [3.8, 4) is 0 Å². The van der Waals surface area contributed by atoms with Gasteiger partial charge in [0.2, 0.25) is 0 Å². The topological polar surface area (TPSA) is 91.2 Å². The monoisotopic (exact) mass is 291 g/mol. The molecule has 2 rings (SSSR count). The molecule has 7 heteroatoms. The molecule has 0 aromatic carbocycles. The van der Waals surface area contributed by atoms with Crippen LogP contribution in [0.15, 0.2) is 0 Å². The molecule has 110 valence electrons. The molecule has 0 unspecified atom stereocenters. The molecule has 2 aliphatic rings. The minimum Gasteiger partial charge on any atom is -0.468 e. The van der Waals surface area contributed by atoms with Gasteiger partial charge in [-0.15, -0.1) is 0 Å². The van der Waals surface area contributed by atoms with Gasteiger partial charge in [-0.25, -0.2) is 0 Å². The van der Waals surface area contributed by atoms with Gasteiger partial charge in [0.1, 0.15) is 24.4 Å². The summed E-state index contributed by atoms with van der Waals surface area (Å²) in [6.45, 7) is -0.0536. The molecule has 6 nitrogen and oxygen atoms in total. The lowest BCUT2D eigenvalue weighted by Crippen LogP contribution is -2.59. The van der Waals surface area contributed by atoms with Crippen LogP contribution in [0.2, 0.25) is 0 Å². The zero-order valence-corrected chi connectivity index (χ0v) is 11.5. The van der Waals surface area contributed by atoms with Crippen LogP contribution in [0.1, 0.15) is 32.1 Å². The highest BCUT2D eigenvalue weighted by Gasteiger charge is 2.38. The first-order valence-corrected chi connectivity index (χ1v) is 7.11. The first-order valence-electron chi connectivity index (χ1n) is 6.71. The smallest absolute Gasteiger partial charge is 0.259 e. The molecule has 0 amide bonds. The summed E-state index contributed by atoms with van der Waals surface area (Å²) in [5, 5.41) is 31.5. The Bertz CT molecular complexity index is 310. The second-order valence-electron chi connectivity index (χ2n) is 5.11. The first kappa shape index (κ1) is 14.9. The fourth-order valence-corrected chi connectivity index (χ4v) is 2.67. The molecule has 19 heavy (non-hydrogen) atoms. The third-order valence-electron chi connectivity index (χ3n) is 3.59. The van der Waals surface area contributed by atoms with Crippen molar-refractivity contribution in [3.05, 3.63) is 0 Å². The van der Waals surface area contributed by atoms with Crippen LogP contribution < -0.4 is 5.32 Å². The number of aliphatic hydroxyl groups is 3. The van der Waals surface area contributed by atoms with Gasteiger partial charge >= 0.3 is 0 Å². The zero-order valence-electron chi connectivity index (χ0n) is 10.7. The lowest BCUT2D eigenvalue weighted by molar-refractivity contribution is -0.191. The Kier molecular flexibility index (Phi) is 5.35. The molecule has 0 aromatic rings. The van der Waals surface area contributed by atoms with Crippen LogP contribution in [-0.2, 0) is 9.47 Å². The van der Waals surface area contributed by atoms with Crippen LogP contribution in [0.5, 0.6) is 0 Å². The summed E-state index contributed by atoms with van der Waals surface area (Å²) in [6.07, 6.45) is 1.17. The summed E-state index contributed by atoms with van der Waals surface area (Å²) in [5.41, 5.74) is 0. The summed E-state index contributed by atoms with van der Waals surface area (Å²) >= 11 is 5.07. The summed E-state index contributed by atoms with van der Waals surface area (Å²) < 4.78 is 10.8. The molecule has 1 saturated heterocycles. The average Bonchev–Trinajstić information content (AvgIpc) is 2.41. The van der Waals surface area contributed by atoms with Crippen molar-refractivity contribution in [1.82, 2.24) is 5.32 Å². The van der Waals surface area contributed by atoms with E-state index in [4.69, 9.17) is 21.7 Å². The molecule has 0 bridgehead atoms. The van der Waals surface area contributed by atoms with Crippen LogP contribution in [0.4, 0.5) is 0 Å². The molecular weight excluding hydrogens is 270 g/mol. The van der Waals surface area contributed by atoms with E-state index < -0.39 is 24.5 Å². The largest absolute Gasteiger partial charge is 0.468 e. The highest BCUT2D eigenvalue weighted by atomic mass is 32.1. The van der Waals surface area contributed by atoms with Gasteiger partial charge in [0, 0.05) is 0 Å². The predicted octanol–water partition coefficient (Wildman–Crippen LogP) is -0.351. The van der Waals surface area contributed by atoms with Crippen molar-refractivity contribution < 1.29 is 24.8 Å². The summed E-state index contributed by atoms with van der Waals surface area (Å²) in [6, 6.07) is 0. The maximum absolute atomic E-state index is 9.75. The lowest BCUT2D eigenvalue weighted by atomic mass is 9.98. The Hall–Kier alpha value is -0.470. The average molecular weight is 291 g/mol. The van der Waals surface area contributed by atoms with E-state index in [1.807, 2.05) is 0 Å². The maximum atomic E-state index is 9.75. The number of rotatable bonds is 2. The minimum atomic E-state index is -1.25. The fourth-order valence-electron chi connectivity index (χ4n) is 2.42. The second kappa shape index (κ2) is 6.81. The molecule has 4 N–H and O–H groups in total. The van der Waals surface area contributed by atoms with Gasteiger partial charge in [-0.1, -0.05) is 6.42 Å². The van der Waals surface area contributed by atoms with Gasteiger partial charge in [0.25, 0.3) is 5.17 Å². The van der Waals surface area contributed by atoms with E-state index >= 15 is 0 Å². The van der Waals surface area contributed by atoms with Crippen molar-refractivity contribution in [2.24, 2.45) is 0 Å². The van der Waals surface area contributed by atoms with E-state index in [2.05, 4.69) is 5.32 Å². The molecule has 4 atom stereocenters. The highest BCUT2D eigenvalue weighted by Crippen LogP contribution is 2.21. The normalized spacial score (nSPS) is 36.8. The molecule has 0 spiro atoms. The van der Waals surface area contributed by atoms with Gasteiger partial charge in [-0.3, -0.25) is 0 Å². The molecule has 0 radical (unpaired) electrons. The third-order valence-corrected chi connectivity index (χ3v) is 3.80. The zero-order chi connectivity index (χ0) is 13.8. The number of hydrogen-bond donors (Lipinski definition) is 4. The minimum absolute atomic E-state index is 0.0536. The van der Waals surface area contributed by atoms with E-state index in [9.17, 15) is 15.3 Å². The Morgan fingerprint density at radius 3 is 2.47 bits per heavy atom. The van der Waals surface area contributed by atoms with Gasteiger partial charge < -0.3 is 30.1 Å². The number of thiocarbonyl (C=S) groups is 1. The van der Waals surface area contributed by atoms with Gasteiger partial charge in [0.15, 0.2) is 6.23 Å². The Morgan fingerprint density at radius 2 is 1.79 bits per heavy atom. The van der Waals surface area contributed by atoms with Crippen LogP contribution >= 0.6 is 12.2 Å². The van der Waals surface area contributed by atoms with Crippen molar-refractivity contribution in [2.45, 2.75) is 62.7 Å². The molecule has 1 aliphatic heterocycles. The first-order chi connectivity index (χ1) is 9.08. The van der Waals surface area contributed by atoms with Crippen LogP contribution in [0.3, 0.4) is 0 Å². The number of aliphatic hydroxyl groups excluding tert-OH is 3. The molecule has 1 heterocycles. The molecule has 1 saturated carbocycles. The Balaban J connectivity index is 1.78. The van der Waals surface area contributed by atoms with E-state index in [1.165, 1.54) is 6.42 Å². The molecule has 2 fully saturated rings. The number of ether oxygens (including phenoxy) is 2. The second-order valence-corrected chi connectivity index (χ2v) is 5.48. The molecular formula is C12H21NO5S. The Labute approximate surface area is 117 Å². The van der Waals surface area contributed by atoms with E-state index in [1.54, 1.807) is 0 Å². The standard InChI is InChI=1S/C12H21NO5S/c14-8-6-17-11(10(16)9(8)15)13-12(19)18-7-4-2-1-3-5-7/h7-11,14-16H,1-6H2,(H,13,19)/t8-,9-,10+,11+/m1/s1. The van der Waals surface area contributed by atoms with Crippen molar-refractivity contribution in [2.75, 3.05) is 6.61 Å². The van der Waals surface area contributed by atoms with Crippen LogP contribution in [0.25, 0.3) is 0 Å². The highest BCUT2D eigenvalue weighted by molar-refractivity contribution is 7.80. The fraction of sp³-hybridized carbons (Fsp3) is 0.917. The lowest BCUT2D eigenvalue weighted by Gasteiger charge is -2.36. The SMILES string of the molecule is O[C@H]1[C@H](O)[C@@H](NC(=S)OC2CCCCC2)OC[C@H]1O. The quantitative estimate of drug-likeness (QED) is 0.517. The summed E-state index contributed by atoms with van der Waals surface area (Å²) in [4.78, 5) is 0. The van der Waals surface area contributed by atoms with Gasteiger partial charge in [0.05, 0.1) is 6.61 Å². The Morgan fingerprint density at radius 1 is 1.11 bits per heavy atom. The van der Waals surface area contributed by atoms with Crippen molar-refractivity contribution in [1.29, 1.82) is 0 Å². The van der Waals surface area contributed by atoms with E-state index in [-0.39, 0.29) is 17.9 Å². The van der Waals surface area contributed by atoms with Gasteiger partial charge in [-0.2, -0.15) is 0 Å².